The van der Waals surface area contributed by atoms with Crippen molar-refractivity contribution in [1.29, 1.82) is 0 Å². The van der Waals surface area contributed by atoms with E-state index in [1.165, 1.54) is 0 Å². The second kappa shape index (κ2) is 13.2. The van der Waals surface area contributed by atoms with E-state index >= 15 is 0 Å². The van der Waals surface area contributed by atoms with Gasteiger partial charge in [0.15, 0.2) is 17.5 Å². The van der Waals surface area contributed by atoms with Crippen LogP contribution in [0.25, 0.3) is 112 Å². The number of fused-ring (bicyclic) bond motifs is 7. The van der Waals surface area contributed by atoms with E-state index in [1.807, 2.05) is 60.7 Å². The maximum atomic E-state index is 6.82. The van der Waals surface area contributed by atoms with Gasteiger partial charge < -0.3 is 8.98 Å². The van der Waals surface area contributed by atoms with Gasteiger partial charge >= 0.3 is 0 Å². The summed E-state index contributed by atoms with van der Waals surface area (Å²) in [5.74, 6) is 2.56. The summed E-state index contributed by atoms with van der Waals surface area (Å²) in [6.45, 7) is 0. The molecule has 276 valence electrons. The summed E-state index contributed by atoms with van der Waals surface area (Å²) in [7, 11) is 0. The lowest BCUT2D eigenvalue weighted by Gasteiger charge is -2.10. The smallest absolute Gasteiger partial charge is 0.164 e. The summed E-state index contributed by atoms with van der Waals surface area (Å²) < 4.78 is 11.3. The zero-order chi connectivity index (χ0) is 38.9. The largest absolute Gasteiger partial charge is 0.455 e. The number of furan rings is 1. The summed E-state index contributed by atoms with van der Waals surface area (Å²) in [5, 5.41) is 4.18. The van der Waals surface area contributed by atoms with Crippen molar-refractivity contribution in [1.82, 2.24) is 29.1 Å². The van der Waals surface area contributed by atoms with Gasteiger partial charge in [0.25, 0.3) is 0 Å². The Kier molecular flexibility index (Phi) is 7.40. The molecular weight excluding hydrogens is 725 g/mol. The monoisotopic (exact) mass is 756 g/mol. The van der Waals surface area contributed by atoms with E-state index in [-0.39, 0.29) is 0 Å². The van der Waals surface area contributed by atoms with Gasteiger partial charge in [0.1, 0.15) is 17.0 Å². The van der Waals surface area contributed by atoms with Crippen molar-refractivity contribution < 1.29 is 4.42 Å². The second-order valence-corrected chi connectivity index (χ2v) is 14.7. The minimum Gasteiger partial charge on any atom is -0.455 e. The second-order valence-electron chi connectivity index (χ2n) is 14.7. The number of imidazole rings is 1. The van der Waals surface area contributed by atoms with Crippen LogP contribution in [0.4, 0.5) is 0 Å². The van der Waals surface area contributed by atoms with Gasteiger partial charge in [0, 0.05) is 49.6 Å². The van der Waals surface area contributed by atoms with Crippen LogP contribution in [0.5, 0.6) is 0 Å². The van der Waals surface area contributed by atoms with Crippen LogP contribution in [0.3, 0.4) is 0 Å². The summed E-state index contributed by atoms with van der Waals surface area (Å²) in [5.41, 5.74) is 11.4. The van der Waals surface area contributed by atoms with Crippen molar-refractivity contribution in [2.75, 3.05) is 0 Å². The first-order chi connectivity index (χ1) is 29.3. The van der Waals surface area contributed by atoms with Gasteiger partial charge in [-0.05, 0) is 72.8 Å². The average molecular weight is 757 g/mol. The van der Waals surface area contributed by atoms with E-state index in [2.05, 4.69) is 143 Å². The lowest BCUT2D eigenvalue weighted by Crippen LogP contribution is -2.00. The zero-order valence-electron chi connectivity index (χ0n) is 31.6. The maximum Gasteiger partial charge on any atom is 0.164 e. The first-order valence-corrected chi connectivity index (χ1v) is 19.7. The van der Waals surface area contributed by atoms with Crippen LogP contribution in [0.1, 0.15) is 0 Å². The van der Waals surface area contributed by atoms with Crippen molar-refractivity contribution in [2.24, 2.45) is 0 Å². The first kappa shape index (κ1) is 33.0. The number of benzene rings is 8. The Labute approximate surface area is 338 Å². The van der Waals surface area contributed by atoms with Crippen molar-refractivity contribution in [3.63, 3.8) is 0 Å². The molecule has 0 fully saturated rings. The van der Waals surface area contributed by atoms with E-state index in [0.717, 1.165) is 94.2 Å². The first-order valence-electron chi connectivity index (χ1n) is 19.7. The van der Waals surface area contributed by atoms with Crippen LogP contribution in [0.2, 0.25) is 0 Å². The molecule has 4 aromatic heterocycles. The van der Waals surface area contributed by atoms with Crippen LogP contribution in [0, 0.1) is 0 Å². The lowest BCUT2D eigenvalue weighted by molar-refractivity contribution is 0.669. The number of hydrogen-bond acceptors (Lipinski definition) is 5. The molecule has 59 heavy (non-hydrogen) atoms. The fourth-order valence-corrected chi connectivity index (χ4v) is 8.56. The molecule has 0 radical (unpaired) electrons. The van der Waals surface area contributed by atoms with Gasteiger partial charge in [-0.1, -0.05) is 121 Å². The normalized spacial score (nSPS) is 11.7. The highest BCUT2D eigenvalue weighted by Gasteiger charge is 2.23. The molecule has 0 bridgehead atoms. The fraction of sp³-hybridized carbons (Fsp3) is 0. The molecule has 12 rings (SSSR count). The van der Waals surface area contributed by atoms with Gasteiger partial charge in [-0.25, -0.2) is 19.9 Å². The Morgan fingerprint density at radius 1 is 0.373 bits per heavy atom. The van der Waals surface area contributed by atoms with Crippen molar-refractivity contribution in [2.45, 2.75) is 0 Å². The molecule has 0 atom stereocenters. The Bertz CT molecular complexity index is 3550. The number of rotatable bonds is 6. The predicted octanol–water partition coefficient (Wildman–Crippen LogP) is 12.9. The third kappa shape index (κ3) is 5.29. The molecule has 0 aliphatic heterocycles. The molecule has 0 saturated carbocycles. The van der Waals surface area contributed by atoms with Gasteiger partial charge in [-0.2, -0.15) is 0 Å². The summed E-state index contributed by atoms with van der Waals surface area (Å²) >= 11 is 0. The van der Waals surface area contributed by atoms with E-state index in [4.69, 9.17) is 24.4 Å². The number of nitrogens with zero attached hydrogens (tertiary/aromatic N) is 6. The molecule has 7 heteroatoms. The molecule has 0 aliphatic rings. The molecule has 0 N–H and O–H groups in total. The Morgan fingerprint density at radius 3 is 1.76 bits per heavy atom. The van der Waals surface area contributed by atoms with E-state index in [0.29, 0.717) is 17.5 Å². The SMILES string of the molecule is c1ccc(-c2nc(-c3ccc4c(c3)c3ccccc3n4-c3ccccc3)nc(-c3cccc4oc5c(-c6nc7ccccc7n6-c6ccccc6)cccc5c34)n2)cc1. The maximum absolute atomic E-state index is 6.82. The number of aromatic nitrogens is 6. The van der Waals surface area contributed by atoms with Crippen molar-refractivity contribution in [3.8, 4) is 56.9 Å². The van der Waals surface area contributed by atoms with Gasteiger partial charge in [-0.3, -0.25) is 4.57 Å². The van der Waals surface area contributed by atoms with E-state index < -0.39 is 0 Å². The quantitative estimate of drug-likeness (QED) is 0.169. The minimum absolute atomic E-state index is 0.566. The van der Waals surface area contributed by atoms with E-state index in [9.17, 15) is 0 Å². The van der Waals surface area contributed by atoms with E-state index in [1.54, 1.807) is 0 Å². The zero-order valence-corrected chi connectivity index (χ0v) is 31.6. The number of para-hydroxylation sites is 6. The Hall–Kier alpha value is -8.16. The average Bonchev–Trinajstić information content (AvgIpc) is 3.99. The summed E-state index contributed by atoms with van der Waals surface area (Å²) in [4.78, 5) is 20.7. The van der Waals surface area contributed by atoms with Crippen LogP contribution >= 0.6 is 0 Å². The molecule has 4 heterocycles. The molecular formula is C52H32N6O. The molecule has 0 aliphatic carbocycles. The highest BCUT2D eigenvalue weighted by molar-refractivity contribution is 6.15. The molecule has 7 nitrogen and oxygen atoms in total. The van der Waals surface area contributed by atoms with Gasteiger partial charge in [-0.15, -0.1) is 0 Å². The molecule has 0 unspecified atom stereocenters. The third-order valence-corrected chi connectivity index (χ3v) is 11.2. The molecule has 0 spiro atoms. The molecule has 0 saturated heterocycles. The third-order valence-electron chi connectivity index (χ3n) is 11.2. The predicted molar refractivity (Wildman–Crippen MR) is 238 cm³/mol. The summed E-state index contributed by atoms with van der Waals surface area (Å²) in [6.07, 6.45) is 0. The highest BCUT2D eigenvalue weighted by Crippen LogP contribution is 2.42. The molecule has 8 aromatic carbocycles. The van der Waals surface area contributed by atoms with Crippen molar-refractivity contribution in [3.05, 3.63) is 194 Å². The Morgan fingerprint density at radius 2 is 0.966 bits per heavy atom. The fourth-order valence-electron chi connectivity index (χ4n) is 8.56. The van der Waals surface area contributed by atoms with Gasteiger partial charge in [0.2, 0.25) is 0 Å². The number of hydrogen-bond donors (Lipinski definition) is 0. The van der Waals surface area contributed by atoms with Gasteiger partial charge in [0.05, 0.1) is 27.6 Å². The highest BCUT2D eigenvalue weighted by atomic mass is 16.3. The van der Waals surface area contributed by atoms with Crippen LogP contribution in [0.15, 0.2) is 199 Å². The standard InChI is InChI=1S/C52H32N6O/c1-4-16-33(17-5-1)49-54-50(34-30-31-44-41(32-34)37-22-10-12-27-43(37)57(44)35-18-6-2-7-19-35)56-51(55-49)39-24-15-29-46-47(39)38-23-14-25-40(48(38)59-46)52-53-42-26-11-13-28-45(42)58(52)36-20-8-3-9-21-36/h1-32H. The topological polar surface area (TPSA) is 74.6 Å². The van der Waals surface area contributed by atoms with Crippen LogP contribution in [-0.4, -0.2) is 29.1 Å². The minimum atomic E-state index is 0.566. The van der Waals surface area contributed by atoms with Crippen LogP contribution in [-0.2, 0) is 0 Å². The lowest BCUT2D eigenvalue weighted by atomic mass is 10.0. The summed E-state index contributed by atoms with van der Waals surface area (Å²) in [6, 6.07) is 66.6. The van der Waals surface area contributed by atoms with Crippen LogP contribution < -0.4 is 0 Å². The Balaban J connectivity index is 1.07. The molecule has 0 amide bonds. The van der Waals surface area contributed by atoms with Crippen molar-refractivity contribution >= 4 is 54.8 Å². The molecule has 12 aromatic rings.